The lowest BCUT2D eigenvalue weighted by Crippen LogP contribution is -2.12. The molecule has 0 fully saturated rings. The Morgan fingerprint density at radius 2 is 1.45 bits per heavy atom. The van der Waals surface area contributed by atoms with Crippen LogP contribution in [0.1, 0.15) is 34.6 Å². The molecule has 6 heteroatoms. The van der Waals surface area contributed by atoms with Gasteiger partial charge in [0, 0.05) is 12.9 Å². The average molecular weight is 327 g/mol. The van der Waals surface area contributed by atoms with Crippen molar-refractivity contribution in [2.24, 2.45) is 10.2 Å². The normalized spacial score (nSPS) is 8.45. The number of benzene rings is 1. The highest BCUT2D eigenvalue weighted by Crippen LogP contribution is 2.17. The second kappa shape index (κ2) is 15.5. The molecule has 0 spiro atoms. The van der Waals surface area contributed by atoms with E-state index >= 15 is 0 Å². The molecule has 1 aromatic carbocycles. The third-order valence-electron chi connectivity index (χ3n) is 1.76. The second-order valence-corrected chi connectivity index (χ2v) is 4.68. The lowest BCUT2D eigenvalue weighted by Gasteiger charge is -2.12. The maximum Gasteiger partial charge on any atom is 0.238 e. The Bertz CT molecular complexity index is 501. The first-order chi connectivity index (χ1) is 10.4. The van der Waals surface area contributed by atoms with Gasteiger partial charge in [-0.15, -0.1) is 6.58 Å². The van der Waals surface area contributed by atoms with E-state index in [1.807, 2.05) is 34.6 Å². The highest BCUT2D eigenvalue weighted by atomic mass is 32.2. The fraction of sp³-hybridized carbons (Fsp3) is 0.312. The van der Waals surface area contributed by atoms with Gasteiger partial charge in [0.1, 0.15) is 0 Å². The van der Waals surface area contributed by atoms with Crippen LogP contribution in [0.15, 0.2) is 59.7 Å². The molecule has 5 nitrogen and oxygen atoms in total. The van der Waals surface area contributed by atoms with Crippen molar-refractivity contribution in [1.82, 2.24) is 0 Å². The summed E-state index contributed by atoms with van der Waals surface area (Å²) in [6.07, 6.45) is 3.21. The number of allylic oxidation sites excluding steroid dienone is 1. The van der Waals surface area contributed by atoms with Crippen molar-refractivity contribution < 1.29 is 8.42 Å². The minimum Gasteiger partial charge on any atom is -0.242 e. The van der Waals surface area contributed by atoms with Crippen molar-refractivity contribution in [3.63, 3.8) is 0 Å². The molecule has 0 atom stereocenters. The van der Waals surface area contributed by atoms with Crippen molar-refractivity contribution in [1.29, 1.82) is 0 Å². The molecule has 0 amide bonds. The average Bonchev–Trinajstić information content (AvgIpc) is 2.53. The van der Waals surface area contributed by atoms with E-state index in [1.165, 1.54) is 23.3 Å². The maximum atomic E-state index is 11.0. The predicted molar refractivity (Wildman–Crippen MR) is 98.6 cm³/mol. The molecule has 22 heavy (non-hydrogen) atoms. The summed E-state index contributed by atoms with van der Waals surface area (Å²) >= 11 is 0. The van der Waals surface area contributed by atoms with E-state index in [9.17, 15) is 8.42 Å². The molecule has 126 valence electrons. The SMILES string of the molecule is C=CC.C=CN(N=C)c1ccc(S(N)(=O)=O)cc1.CC.CC. The monoisotopic (exact) mass is 327 g/mol. The minimum absolute atomic E-state index is 0.0549. The number of nitrogens with two attached hydrogens (primary N) is 1. The van der Waals surface area contributed by atoms with Gasteiger partial charge in [-0.05, 0) is 31.2 Å². The Hall–Kier alpha value is -1.92. The lowest BCUT2D eigenvalue weighted by molar-refractivity contribution is 0.598. The topological polar surface area (TPSA) is 75.8 Å². The first-order valence-corrected chi connectivity index (χ1v) is 8.53. The highest BCUT2D eigenvalue weighted by molar-refractivity contribution is 7.89. The summed E-state index contributed by atoms with van der Waals surface area (Å²) in [5, 5.41) is 10.0. The maximum absolute atomic E-state index is 11.0. The van der Waals surface area contributed by atoms with Crippen LogP contribution in [0, 0.1) is 0 Å². The zero-order chi connectivity index (χ0) is 18.2. The van der Waals surface area contributed by atoms with Crippen LogP contribution in [-0.4, -0.2) is 15.1 Å². The van der Waals surface area contributed by atoms with Gasteiger partial charge in [0.2, 0.25) is 10.0 Å². The molecule has 0 unspecified atom stereocenters. The zero-order valence-electron chi connectivity index (χ0n) is 14.3. The van der Waals surface area contributed by atoms with Crippen LogP contribution in [-0.2, 0) is 10.0 Å². The van der Waals surface area contributed by atoms with E-state index in [1.54, 1.807) is 18.2 Å². The molecule has 0 aromatic heterocycles. The summed E-state index contributed by atoms with van der Waals surface area (Å²) in [5.41, 5.74) is 0.660. The van der Waals surface area contributed by atoms with Crippen LogP contribution < -0.4 is 10.1 Å². The summed E-state index contributed by atoms with van der Waals surface area (Å²) in [6.45, 7) is 20.1. The molecule has 0 aliphatic rings. The number of sulfonamides is 1. The first-order valence-electron chi connectivity index (χ1n) is 6.99. The fourth-order valence-electron chi connectivity index (χ4n) is 1.03. The first kappa shape index (κ1) is 25.1. The summed E-state index contributed by atoms with van der Waals surface area (Å²) in [5.74, 6) is 0. The molecule has 0 heterocycles. The Morgan fingerprint density at radius 3 is 1.68 bits per heavy atom. The molecule has 0 bridgehead atoms. The Morgan fingerprint density at radius 1 is 1.09 bits per heavy atom. The minimum atomic E-state index is -3.65. The smallest absolute Gasteiger partial charge is 0.238 e. The quantitative estimate of drug-likeness (QED) is 0.513. The van der Waals surface area contributed by atoms with E-state index in [2.05, 4.69) is 25.0 Å². The van der Waals surface area contributed by atoms with Crippen LogP contribution in [0.25, 0.3) is 0 Å². The third-order valence-corrected chi connectivity index (χ3v) is 2.68. The molecule has 0 saturated carbocycles. The largest absolute Gasteiger partial charge is 0.242 e. The van der Waals surface area contributed by atoms with E-state index in [0.717, 1.165) is 0 Å². The van der Waals surface area contributed by atoms with Gasteiger partial charge in [0.25, 0.3) is 0 Å². The van der Waals surface area contributed by atoms with Crippen LogP contribution in [0.3, 0.4) is 0 Å². The molecule has 2 N–H and O–H groups in total. The highest BCUT2D eigenvalue weighted by Gasteiger charge is 2.07. The van der Waals surface area contributed by atoms with Gasteiger partial charge < -0.3 is 0 Å². The van der Waals surface area contributed by atoms with E-state index in [0.29, 0.717) is 5.69 Å². The van der Waals surface area contributed by atoms with Crippen molar-refractivity contribution >= 4 is 22.4 Å². The Balaban J connectivity index is -0.000000446. The Labute approximate surface area is 135 Å². The van der Waals surface area contributed by atoms with E-state index in [4.69, 9.17) is 5.14 Å². The molecule has 1 aromatic rings. The van der Waals surface area contributed by atoms with Gasteiger partial charge >= 0.3 is 0 Å². The second-order valence-electron chi connectivity index (χ2n) is 3.12. The van der Waals surface area contributed by atoms with Gasteiger partial charge in [0.05, 0.1) is 10.6 Å². The number of rotatable bonds is 4. The van der Waals surface area contributed by atoms with Crippen LogP contribution in [0.4, 0.5) is 5.69 Å². The fourth-order valence-corrected chi connectivity index (χ4v) is 1.55. The molecular formula is C16H29N3O2S. The van der Waals surface area contributed by atoms with Crippen molar-refractivity contribution in [3.05, 3.63) is 49.7 Å². The van der Waals surface area contributed by atoms with Crippen LogP contribution in [0.2, 0.25) is 0 Å². The van der Waals surface area contributed by atoms with Crippen molar-refractivity contribution in [3.8, 4) is 0 Å². The molecule has 0 radical (unpaired) electrons. The van der Waals surface area contributed by atoms with Crippen molar-refractivity contribution in [2.75, 3.05) is 5.01 Å². The summed E-state index contributed by atoms with van der Waals surface area (Å²) in [4.78, 5) is 0.0549. The predicted octanol–water partition coefficient (Wildman–Crippen LogP) is 4.14. The molecule has 0 saturated heterocycles. The van der Waals surface area contributed by atoms with E-state index < -0.39 is 10.0 Å². The zero-order valence-corrected chi connectivity index (χ0v) is 15.1. The van der Waals surface area contributed by atoms with Gasteiger partial charge in [-0.25, -0.2) is 18.6 Å². The third kappa shape index (κ3) is 10.8. The molecule has 0 aliphatic heterocycles. The van der Waals surface area contributed by atoms with Crippen LogP contribution in [0.5, 0.6) is 0 Å². The molecule has 1 rings (SSSR count). The van der Waals surface area contributed by atoms with Crippen molar-refractivity contribution in [2.45, 2.75) is 39.5 Å². The number of nitrogens with zero attached hydrogens (tertiary/aromatic N) is 2. The summed E-state index contributed by atoms with van der Waals surface area (Å²) < 4.78 is 21.9. The van der Waals surface area contributed by atoms with Crippen LogP contribution >= 0.6 is 0 Å². The Kier molecular flexibility index (Phi) is 17.6. The van der Waals surface area contributed by atoms with Gasteiger partial charge in [-0.3, -0.25) is 0 Å². The molecule has 0 aliphatic carbocycles. The standard InChI is InChI=1S/C9H11N3O2S.C3H6.2C2H6/c1-3-12(11-2)8-4-6-9(7-5-8)15(10,13)14;1-3-2;2*1-2/h3-7H,1-2H2,(H2,10,13,14);3H,1H2,2H3;2*1-2H3. The number of primary sulfonamides is 1. The van der Waals surface area contributed by atoms with Gasteiger partial charge in [-0.2, -0.15) is 5.10 Å². The van der Waals surface area contributed by atoms with Gasteiger partial charge in [0.15, 0.2) is 0 Å². The number of hydrogen-bond donors (Lipinski definition) is 1. The number of hydrazone groups is 1. The lowest BCUT2D eigenvalue weighted by atomic mass is 10.3. The summed E-state index contributed by atoms with van der Waals surface area (Å²) in [7, 11) is -3.65. The number of anilines is 1. The van der Waals surface area contributed by atoms with Gasteiger partial charge in [-0.1, -0.05) is 40.3 Å². The number of hydrogen-bond acceptors (Lipinski definition) is 4. The van der Waals surface area contributed by atoms with E-state index in [-0.39, 0.29) is 4.90 Å². The summed E-state index contributed by atoms with van der Waals surface area (Å²) in [6, 6.07) is 5.92. The molecular weight excluding hydrogens is 298 g/mol.